The summed E-state index contributed by atoms with van der Waals surface area (Å²) in [6.07, 6.45) is 0.752. The second-order valence-electron chi connectivity index (χ2n) is 4.40. The Morgan fingerprint density at radius 1 is 1.33 bits per heavy atom. The molecule has 1 aliphatic heterocycles. The lowest BCUT2D eigenvalue weighted by Gasteiger charge is -2.04. The van der Waals surface area contributed by atoms with Gasteiger partial charge in [-0.2, -0.15) is 5.10 Å². The fraction of sp³-hybridized carbons (Fsp3) is 0.200. The van der Waals surface area contributed by atoms with Crippen LogP contribution in [0.1, 0.15) is 28.6 Å². The third-order valence-electron chi connectivity index (χ3n) is 3.07. The normalized spacial score (nSPS) is 13.3. The van der Waals surface area contributed by atoms with Gasteiger partial charge in [0.1, 0.15) is 0 Å². The molecule has 0 bridgehead atoms. The van der Waals surface area contributed by atoms with E-state index in [9.17, 15) is 4.79 Å². The van der Waals surface area contributed by atoms with Crippen molar-refractivity contribution in [3.63, 3.8) is 0 Å². The van der Waals surface area contributed by atoms with Crippen LogP contribution in [0.5, 0.6) is 11.5 Å². The number of amides is 1. The van der Waals surface area contributed by atoms with E-state index in [0.29, 0.717) is 17.1 Å². The third-order valence-corrected chi connectivity index (χ3v) is 3.99. The minimum Gasteiger partial charge on any atom is -0.454 e. The van der Waals surface area contributed by atoms with E-state index in [0.717, 1.165) is 17.0 Å². The van der Waals surface area contributed by atoms with Crippen molar-refractivity contribution in [2.45, 2.75) is 13.3 Å². The highest BCUT2D eigenvalue weighted by molar-refractivity contribution is 7.12. The van der Waals surface area contributed by atoms with Crippen molar-refractivity contribution in [3.05, 3.63) is 46.2 Å². The SMILES string of the molecule is CC/C(=N\NC(=O)c1ccc2c(c1)OCO2)c1cccs1. The lowest BCUT2D eigenvalue weighted by atomic mass is 10.2. The van der Waals surface area contributed by atoms with Gasteiger partial charge in [-0.05, 0) is 36.1 Å². The van der Waals surface area contributed by atoms with Gasteiger partial charge in [-0.3, -0.25) is 4.79 Å². The van der Waals surface area contributed by atoms with Gasteiger partial charge in [0.05, 0.1) is 10.6 Å². The maximum Gasteiger partial charge on any atom is 0.271 e. The van der Waals surface area contributed by atoms with Crippen LogP contribution in [0, 0.1) is 0 Å². The van der Waals surface area contributed by atoms with Crippen LogP contribution in [-0.2, 0) is 0 Å². The molecule has 1 aromatic heterocycles. The monoisotopic (exact) mass is 302 g/mol. The standard InChI is InChI=1S/C15H14N2O3S/c1-2-11(14-4-3-7-21-14)16-17-15(18)10-5-6-12-13(8-10)20-9-19-12/h3-8H,2,9H2,1H3,(H,17,18)/b16-11+. The number of fused-ring (bicyclic) bond motifs is 1. The maximum atomic E-state index is 12.1. The van der Waals surface area contributed by atoms with Gasteiger partial charge in [-0.25, -0.2) is 5.43 Å². The van der Waals surface area contributed by atoms with E-state index in [4.69, 9.17) is 9.47 Å². The minimum atomic E-state index is -0.268. The average molecular weight is 302 g/mol. The smallest absolute Gasteiger partial charge is 0.271 e. The van der Waals surface area contributed by atoms with Crippen LogP contribution in [0.15, 0.2) is 40.8 Å². The van der Waals surface area contributed by atoms with Crippen LogP contribution in [0.3, 0.4) is 0 Å². The van der Waals surface area contributed by atoms with Crippen molar-refractivity contribution in [1.29, 1.82) is 0 Å². The predicted octanol–water partition coefficient (Wildman–Crippen LogP) is 3.02. The first kappa shape index (κ1) is 13.6. The van der Waals surface area contributed by atoms with E-state index in [1.165, 1.54) is 0 Å². The number of hydrogen-bond donors (Lipinski definition) is 1. The average Bonchev–Trinajstić information content (AvgIpc) is 3.18. The van der Waals surface area contributed by atoms with Gasteiger partial charge in [0, 0.05) is 5.56 Å². The fourth-order valence-corrected chi connectivity index (χ4v) is 2.76. The fourth-order valence-electron chi connectivity index (χ4n) is 1.97. The molecular weight excluding hydrogens is 288 g/mol. The molecule has 0 unspecified atom stereocenters. The molecule has 0 saturated heterocycles. The highest BCUT2D eigenvalue weighted by Gasteiger charge is 2.16. The Morgan fingerprint density at radius 3 is 2.95 bits per heavy atom. The van der Waals surface area contributed by atoms with E-state index in [1.54, 1.807) is 29.5 Å². The maximum absolute atomic E-state index is 12.1. The summed E-state index contributed by atoms with van der Waals surface area (Å²) in [6, 6.07) is 9.02. The van der Waals surface area contributed by atoms with Gasteiger partial charge in [0.15, 0.2) is 11.5 Å². The van der Waals surface area contributed by atoms with Crippen molar-refractivity contribution in [1.82, 2.24) is 5.43 Å². The Kier molecular flexibility index (Phi) is 3.87. The van der Waals surface area contributed by atoms with Crippen LogP contribution in [0.4, 0.5) is 0 Å². The summed E-state index contributed by atoms with van der Waals surface area (Å²) in [5.41, 5.74) is 3.94. The van der Waals surface area contributed by atoms with Gasteiger partial charge in [0.2, 0.25) is 6.79 Å². The van der Waals surface area contributed by atoms with Crippen LogP contribution in [-0.4, -0.2) is 18.4 Å². The number of nitrogens with one attached hydrogen (secondary N) is 1. The molecule has 0 spiro atoms. The Morgan fingerprint density at radius 2 is 2.19 bits per heavy atom. The number of hydrazone groups is 1. The molecule has 3 rings (SSSR count). The number of hydrogen-bond acceptors (Lipinski definition) is 5. The first-order valence-corrected chi connectivity index (χ1v) is 7.46. The first-order valence-electron chi connectivity index (χ1n) is 6.58. The molecule has 0 saturated carbocycles. The summed E-state index contributed by atoms with van der Waals surface area (Å²) >= 11 is 1.60. The highest BCUT2D eigenvalue weighted by atomic mass is 32.1. The Bertz CT molecular complexity index is 680. The van der Waals surface area contributed by atoms with Crippen LogP contribution >= 0.6 is 11.3 Å². The van der Waals surface area contributed by atoms with Gasteiger partial charge in [-0.1, -0.05) is 13.0 Å². The number of thiophene rings is 1. The van der Waals surface area contributed by atoms with Crippen molar-refractivity contribution < 1.29 is 14.3 Å². The third kappa shape index (κ3) is 2.90. The van der Waals surface area contributed by atoms with E-state index < -0.39 is 0 Å². The van der Waals surface area contributed by atoms with Crippen LogP contribution in [0.25, 0.3) is 0 Å². The topological polar surface area (TPSA) is 59.9 Å². The van der Waals surface area contributed by atoms with Gasteiger partial charge < -0.3 is 9.47 Å². The molecule has 2 aromatic rings. The number of rotatable bonds is 4. The van der Waals surface area contributed by atoms with E-state index in [-0.39, 0.29) is 12.7 Å². The molecule has 1 amide bonds. The lowest BCUT2D eigenvalue weighted by molar-refractivity contribution is 0.0954. The van der Waals surface area contributed by atoms with E-state index in [1.807, 2.05) is 24.4 Å². The van der Waals surface area contributed by atoms with Gasteiger partial charge >= 0.3 is 0 Å². The number of ether oxygens (including phenoxy) is 2. The second-order valence-corrected chi connectivity index (χ2v) is 5.35. The van der Waals surface area contributed by atoms with E-state index in [2.05, 4.69) is 10.5 Å². The number of carbonyl (C=O) groups excluding carboxylic acids is 1. The van der Waals surface area contributed by atoms with Crippen LogP contribution in [0.2, 0.25) is 0 Å². The molecule has 0 radical (unpaired) electrons. The molecule has 0 atom stereocenters. The molecule has 5 nitrogen and oxygen atoms in total. The van der Waals surface area contributed by atoms with Crippen molar-refractivity contribution in [2.24, 2.45) is 5.10 Å². The van der Waals surface area contributed by atoms with Crippen molar-refractivity contribution in [2.75, 3.05) is 6.79 Å². The number of carbonyl (C=O) groups is 1. The summed E-state index contributed by atoms with van der Waals surface area (Å²) in [6.45, 7) is 2.20. The summed E-state index contributed by atoms with van der Waals surface area (Å²) in [4.78, 5) is 13.2. The van der Waals surface area contributed by atoms with E-state index >= 15 is 0 Å². The summed E-state index contributed by atoms with van der Waals surface area (Å²) in [7, 11) is 0. The predicted molar refractivity (Wildman–Crippen MR) is 81.2 cm³/mol. The quantitative estimate of drug-likeness (QED) is 0.697. The van der Waals surface area contributed by atoms with Crippen molar-refractivity contribution >= 4 is 23.0 Å². The van der Waals surface area contributed by atoms with Gasteiger partial charge in [-0.15, -0.1) is 11.3 Å². The second kappa shape index (κ2) is 5.97. The number of benzene rings is 1. The molecule has 6 heteroatoms. The minimum absolute atomic E-state index is 0.191. The molecule has 0 fully saturated rings. The summed E-state index contributed by atoms with van der Waals surface area (Å²) in [5, 5.41) is 6.20. The Labute approximate surface area is 126 Å². The zero-order valence-corrected chi connectivity index (χ0v) is 12.3. The lowest BCUT2D eigenvalue weighted by Crippen LogP contribution is -2.19. The summed E-state index contributed by atoms with van der Waals surface area (Å²) < 4.78 is 10.5. The highest BCUT2D eigenvalue weighted by Crippen LogP contribution is 2.32. The molecule has 1 aromatic carbocycles. The van der Waals surface area contributed by atoms with Crippen molar-refractivity contribution in [3.8, 4) is 11.5 Å². The summed E-state index contributed by atoms with van der Waals surface area (Å²) in [5.74, 6) is 0.972. The van der Waals surface area contributed by atoms with Gasteiger partial charge in [0.25, 0.3) is 5.91 Å². The van der Waals surface area contributed by atoms with Crippen LogP contribution < -0.4 is 14.9 Å². The molecule has 1 aliphatic rings. The Balaban J connectivity index is 1.74. The molecule has 21 heavy (non-hydrogen) atoms. The molecule has 1 N–H and O–H groups in total. The molecule has 2 heterocycles. The first-order chi connectivity index (χ1) is 10.3. The zero-order chi connectivity index (χ0) is 14.7. The molecule has 108 valence electrons. The molecular formula is C15H14N2O3S. The zero-order valence-electron chi connectivity index (χ0n) is 11.5. The largest absolute Gasteiger partial charge is 0.454 e. The Hall–Kier alpha value is -2.34. The molecule has 0 aliphatic carbocycles. The number of nitrogens with zero attached hydrogens (tertiary/aromatic N) is 1.